The van der Waals surface area contributed by atoms with Gasteiger partial charge >= 0.3 is 6.18 Å². The average molecular weight is 424 g/mol. The minimum atomic E-state index is -4.61. The fourth-order valence-corrected chi connectivity index (χ4v) is 3.31. The van der Waals surface area contributed by atoms with E-state index < -0.39 is 24.0 Å². The summed E-state index contributed by atoms with van der Waals surface area (Å²) in [5, 5.41) is 3.73. The van der Waals surface area contributed by atoms with Crippen LogP contribution < -0.4 is 10.2 Å². The number of anilines is 2. The van der Waals surface area contributed by atoms with Gasteiger partial charge in [-0.05, 0) is 25.1 Å². The molecule has 0 saturated carbocycles. The van der Waals surface area contributed by atoms with Gasteiger partial charge in [0, 0.05) is 42.0 Å². The number of benzene rings is 1. The van der Waals surface area contributed by atoms with Crippen molar-refractivity contribution in [2.75, 3.05) is 23.3 Å². The second kappa shape index (κ2) is 7.29. The molecule has 0 spiro atoms. The number of alkyl halides is 5. The lowest BCUT2D eigenvalue weighted by atomic mass is 10.1. The molecule has 1 aliphatic rings. The fourth-order valence-electron chi connectivity index (χ4n) is 3.31. The standard InChI is InChI=1S/C19H17F5N6/c1-11(12-7-25-17(26-8-12)19(22,23)24)29-16-14-6-13(2-3-15(14)27-10-28-16)30-5-4-18(20,21)9-30/h2-3,6-8,10-11H,4-5,9H2,1H3,(H,27,28,29). The van der Waals surface area contributed by atoms with Crippen molar-refractivity contribution in [1.29, 1.82) is 0 Å². The Morgan fingerprint density at radius 2 is 1.83 bits per heavy atom. The van der Waals surface area contributed by atoms with Crippen molar-refractivity contribution in [2.24, 2.45) is 0 Å². The van der Waals surface area contributed by atoms with E-state index in [1.54, 1.807) is 30.0 Å². The van der Waals surface area contributed by atoms with Gasteiger partial charge in [-0.25, -0.2) is 28.7 Å². The Morgan fingerprint density at radius 3 is 2.47 bits per heavy atom. The maximum absolute atomic E-state index is 13.6. The third-order valence-electron chi connectivity index (χ3n) is 4.93. The van der Waals surface area contributed by atoms with E-state index in [0.29, 0.717) is 28.0 Å². The lowest BCUT2D eigenvalue weighted by Gasteiger charge is -2.20. The molecule has 1 N–H and O–H groups in total. The monoisotopic (exact) mass is 424 g/mol. The molecule has 1 saturated heterocycles. The van der Waals surface area contributed by atoms with Crippen molar-refractivity contribution in [3.05, 3.63) is 48.3 Å². The number of hydrogen-bond donors (Lipinski definition) is 1. The summed E-state index contributed by atoms with van der Waals surface area (Å²) in [5.74, 6) is -3.50. The number of halogens is 5. The molecule has 4 rings (SSSR count). The highest BCUT2D eigenvalue weighted by atomic mass is 19.4. The minimum absolute atomic E-state index is 0.202. The van der Waals surface area contributed by atoms with E-state index in [9.17, 15) is 22.0 Å². The summed E-state index contributed by atoms with van der Waals surface area (Å²) >= 11 is 0. The predicted molar refractivity (Wildman–Crippen MR) is 100 cm³/mol. The van der Waals surface area contributed by atoms with E-state index in [-0.39, 0.29) is 19.5 Å². The number of aromatic nitrogens is 4. The first-order chi connectivity index (χ1) is 14.1. The van der Waals surface area contributed by atoms with Gasteiger partial charge < -0.3 is 10.2 Å². The zero-order valence-corrected chi connectivity index (χ0v) is 15.8. The Bertz CT molecular complexity index is 1050. The largest absolute Gasteiger partial charge is 0.451 e. The first kappa shape index (κ1) is 20.2. The van der Waals surface area contributed by atoms with Crippen LogP contribution in [0.3, 0.4) is 0 Å². The van der Waals surface area contributed by atoms with Crippen LogP contribution in [0.1, 0.15) is 30.8 Å². The summed E-state index contributed by atoms with van der Waals surface area (Å²) in [4.78, 5) is 16.7. The summed E-state index contributed by atoms with van der Waals surface area (Å²) < 4.78 is 65.1. The zero-order valence-electron chi connectivity index (χ0n) is 15.8. The number of nitrogens with zero attached hydrogens (tertiary/aromatic N) is 5. The molecule has 0 bridgehead atoms. The van der Waals surface area contributed by atoms with Gasteiger partial charge in [-0.2, -0.15) is 13.2 Å². The lowest BCUT2D eigenvalue weighted by Crippen LogP contribution is -2.24. The van der Waals surface area contributed by atoms with Crippen LogP contribution in [0, 0.1) is 0 Å². The van der Waals surface area contributed by atoms with E-state index in [1.807, 2.05) is 0 Å². The highest BCUT2D eigenvalue weighted by Crippen LogP contribution is 2.34. The van der Waals surface area contributed by atoms with Crippen LogP contribution in [0.4, 0.5) is 33.5 Å². The summed E-state index contributed by atoms with van der Waals surface area (Å²) in [6.45, 7) is 1.62. The molecule has 0 aliphatic carbocycles. The molecule has 0 amide bonds. The maximum atomic E-state index is 13.6. The molecule has 6 nitrogen and oxygen atoms in total. The molecular formula is C19H17F5N6. The molecule has 11 heteroatoms. The normalized spacial score (nSPS) is 17.3. The van der Waals surface area contributed by atoms with Gasteiger partial charge in [-0.3, -0.25) is 0 Å². The smallest absolute Gasteiger partial charge is 0.365 e. The quantitative estimate of drug-likeness (QED) is 0.624. The van der Waals surface area contributed by atoms with Gasteiger partial charge in [0.25, 0.3) is 5.92 Å². The Hall–Kier alpha value is -3.11. The maximum Gasteiger partial charge on any atom is 0.451 e. The van der Waals surface area contributed by atoms with Crippen LogP contribution in [0.2, 0.25) is 0 Å². The van der Waals surface area contributed by atoms with Crippen LogP contribution >= 0.6 is 0 Å². The van der Waals surface area contributed by atoms with E-state index in [0.717, 1.165) is 12.4 Å². The molecule has 1 atom stereocenters. The molecule has 30 heavy (non-hydrogen) atoms. The second-order valence-electron chi connectivity index (χ2n) is 7.16. The summed E-state index contributed by atoms with van der Waals surface area (Å²) in [6.07, 6.45) is -1.25. The molecule has 1 aromatic carbocycles. The lowest BCUT2D eigenvalue weighted by molar-refractivity contribution is -0.145. The van der Waals surface area contributed by atoms with Gasteiger partial charge in [-0.1, -0.05) is 0 Å². The van der Waals surface area contributed by atoms with Gasteiger partial charge in [0.15, 0.2) is 0 Å². The average Bonchev–Trinajstić information content (AvgIpc) is 3.07. The number of rotatable bonds is 4. The SMILES string of the molecule is CC(Nc1ncnc2ccc(N3CCC(F)(F)C3)cc12)c1cnc(C(F)(F)F)nc1. The molecular weight excluding hydrogens is 407 g/mol. The van der Waals surface area contributed by atoms with Gasteiger partial charge in [0.1, 0.15) is 12.1 Å². The van der Waals surface area contributed by atoms with E-state index in [2.05, 4.69) is 25.3 Å². The third-order valence-corrected chi connectivity index (χ3v) is 4.93. The van der Waals surface area contributed by atoms with Crippen LogP contribution in [0.25, 0.3) is 10.9 Å². The Morgan fingerprint density at radius 1 is 1.10 bits per heavy atom. The molecule has 158 valence electrons. The zero-order chi connectivity index (χ0) is 21.5. The Kier molecular flexibility index (Phi) is 4.91. The Labute approximate surface area is 168 Å². The second-order valence-corrected chi connectivity index (χ2v) is 7.16. The van der Waals surface area contributed by atoms with Crippen molar-refractivity contribution >= 4 is 22.4 Å². The first-order valence-corrected chi connectivity index (χ1v) is 9.16. The summed E-state index contributed by atoms with van der Waals surface area (Å²) in [6, 6.07) is 4.73. The topological polar surface area (TPSA) is 66.8 Å². The fraction of sp³-hybridized carbons (Fsp3) is 0.368. The van der Waals surface area contributed by atoms with E-state index in [4.69, 9.17) is 0 Å². The van der Waals surface area contributed by atoms with Crippen molar-refractivity contribution in [1.82, 2.24) is 19.9 Å². The number of hydrogen-bond acceptors (Lipinski definition) is 6. The van der Waals surface area contributed by atoms with Crippen molar-refractivity contribution in [3.63, 3.8) is 0 Å². The van der Waals surface area contributed by atoms with Crippen LogP contribution in [-0.2, 0) is 6.18 Å². The molecule has 1 fully saturated rings. The van der Waals surface area contributed by atoms with E-state index in [1.165, 1.54) is 6.33 Å². The molecule has 2 aromatic heterocycles. The Balaban J connectivity index is 1.60. The predicted octanol–water partition coefficient (Wildman–Crippen LogP) is 4.46. The molecule has 0 radical (unpaired) electrons. The van der Waals surface area contributed by atoms with Crippen LogP contribution in [0.5, 0.6) is 0 Å². The van der Waals surface area contributed by atoms with Crippen molar-refractivity contribution in [3.8, 4) is 0 Å². The highest BCUT2D eigenvalue weighted by Gasteiger charge is 2.38. The van der Waals surface area contributed by atoms with E-state index >= 15 is 0 Å². The summed E-state index contributed by atoms with van der Waals surface area (Å²) in [7, 11) is 0. The van der Waals surface area contributed by atoms with Crippen LogP contribution in [0.15, 0.2) is 36.9 Å². The van der Waals surface area contributed by atoms with Crippen LogP contribution in [-0.4, -0.2) is 38.9 Å². The summed E-state index contributed by atoms with van der Waals surface area (Å²) in [5.41, 5.74) is 1.67. The van der Waals surface area contributed by atoms with Gasteiger partial charge in [0.05, 0.1) is 18.1 Å². The molecule has 1 aliphatic heterocycles. The highest BCUT2D eigenvalue weighted by molar-refractivity contribution is 5.91. The number of fused-ring (bicyclic) bond motifs is 1. The third kappa shape index (κ3) is 4.10. The van der Waals surface area contributed by atoms with Crippen molar-refractivity contribution in [2.45, 2.75) is 31.5 Å². The van der Waals surface area contributed by atoms with Gasteiger partial charge in [0.2, 0.25) is 5.82 Å². The van der Waals surface area contributed by atoms with Gasteiger partial charge in [-0.15, -0.1) is 0 Å². The first-order valence-electron chi connectivity index (χ1n) is 9.16. The molecule has 3 aromatic rings. The molecule has 3 heterocycles. The number of nitrogens with one attached hydrogen (secondary N) is 1. The minimum Gasteiger partial charge on any atom is -0.365 e. The molecule has 1 unspecified atom stereocenters. The van der Waals surface area contributed by atoms with Crippen molar-refractivity contribution < 1.29 is 22.0 Å².